The number of rotatable bonds is 3. The van der Waals surface area contributed by atoms with Crippen LogP contribution < -0.4 is 4.90 Å². The molecule has 0 aromatic carbocycles. The number of carbonyl (C=O) groups is 1. The molecule has 6 heteroatoms. The minimum absolute atomic E-state index is 0.0466. The number of hydrogen-bond acceptors (Lipinski definition) is 5. The van der Waals surface area contributed by atoms with Crippen molar-refractivity contribution in [2.45, 2.75) is 39.7 Å². The van der Waals surface area contributed by atoms with E-state index in [0.717, 1.165) is 0 Å². The summed E-state index contributed by atoms with van der Waals surface area (Å²) in [6.45, 7) is 10.3. The molecule has 23 heavy (non-hydrogen) atoms. The van der Waals surface area contributed by atoms with Gasteiger partial charge in [-0.2, -0.15) is 4.39 Å². The van der Waals surface area contributed by atoms with Gasteiger partial charge in [0.05, 0.1) is 25.7 Å². The number of esters is 1. The molecule has 0 bridgehead atoms. The molecule has 0 saturated carbocycles. The lowest BCUT2D eigenvalue weighted by molar-refractivity contribution is -0.139. The maximum atomic E-state index is 14.2. The number of anilines is 1. The summed E-state index contributed by atoms with van der Waals surface area (Å²) in [5.74, 6) is -0.545. The molecule has 1 unspecified atom stereocenters. The third kappa shape index (κ3) is 3.80. The number of methoxy groups -OCH3 is 1. The normalized spacial score (nSPS) is 22.1. The van der Waals surface area contributed by atoms with Crippen molar-refractivity contribution >= 4 is 11.8 Å². The molecule has 0 N–H and O–H groups in total. The Morgan fingerprint density at radius 2 is 2.17 bits per heavy atom. The van der Waals surface area contributed by atoms with Crippen LogP contribution in [0.1, 0.15) is 33.3 Å². The van der Waals surface area contributed by atoms with Crippen molar-refractivity contribution in [1.82, 2.24) is 4.98 Å². The van der Waals surface area contributed by atoms with Crippen LogP contribution >= 0.6 is 0 Å². The van der Waals surface area contributed by atoms with Crippen molar-refractivity contribution in [3.63, 3.8) is 0 Å². The van der Waals surface area contributed by atoms with Crippen molar-refractivity contribution in [2.24, 2.45) is 5.41 Å². The van der Waals surface area contributed by atoms with Crippen molar-refractivity contribution in [1.29, 1.82) is 0 Å². The van der Waals surface area contributed by atoms with Crippen LogP contribution in [0, 0.1) is 11.4 Å². The fourth-order valence-corrected chi connectivity index (χ4v) is 2.51. The van der Waals surface area contributed by atoms with Gasteiger partial charge in [-0.1, -0.05) is 26.8 Å². The number of halogens is 1. The number of carbonyl (C=O) groups excluding carboxylic acids is 1. The van der Waals surface area contributed by atoms with Crippen molar-refractivity contribution in [3.8, 4) is 0 Å². The molecule has 0 aliphatic carbocycles. The molecule has 1 fully saturated rings. The zero-order valence-electron chi connectivity index (χ0n) is 14.5. The van der Waals surface area contributed by atoms with Gasteiger partial charge in [-0.15, -0.1) is 0 Å². The molecule has 0 amide bonds. The van der Waals surface area contributed by atoms with E-state index >= 15 is 0 Å². The predicted molar refractivity (Wildman–Crippen MR) is 85.9 cm³/mol. The van der Waals surface area contributed by atoms with Crippen LogP contribution in [0.5, 0.6) is 0 Å². The molecule has 0 spiro atoms. The van der Waals surface area contributed by atoms with Gasteiger partial charge < -0.3 is 14.4 Å². The van der Waals surface area contributed by atoms with Crippen molar-refractivity contribution in [3.05, 3.63) is 23.6 Å². The fourth-order valence-electron chi connectivity index (χ4n) is 2.51. The molecule has 1 atom stereocenters. The molecule has 128 valence electrons. The van der Waals surface area contributed by atoms with Gasteiger partial charge in [0.2, 0.25) is 5.95 Å². The molecular formula is C17H25FN2O3. The van der Waals surface area contributed by atoms with Gasteiger partial charge in [-0.05, 0) is 18.4 Å². The summed E-state index contributed by atoms with van der Waals surface area (Å²) in [6, 6.07) is 3.34. The third-order valence-electron chi connectivity index (χ3n) is 4.66. The Morgan fingerprint density at radius 1 is 1.48 bits per heavy atom. The number of pyridine rings is 1. The summed E-state index contributed by atoms with van der Waals surface area (Å²) >= 11 is 0. The highest BCUT2D eigenvalue weighted by molar-refractivity contribution is 5.72. The summed E-state index contributed by atoms with van der Waals surface area (Å²) in [5, 5.41) is 0. The second-order valence-corrected chi connectivity index (χ2v) is 7.12. The van der Waals surface area contributed by atoms with E-state index in [1.165, 1.54) is 7.11 Å². The highest BCUT2D eigenvalue weighted by atomic mass is 19.1. The molecule has 0 radical (unpaired) electrons. The second-order valence-electron chi connectivity index (χ2n) is 7.12. The van der Waals surface area contributed by atoms with Gasteiger partial charge in [-0.25, -0.2) is 4.98 Å². The van der Waals surface area contributed by atoms with Gasteiger partial charge in [0.1, 0.15) is 5.82 Å². The minimum atomic E-state index is -0.628. The van der Waals surface area contributed by atoms with Crippen LogP contribution in [-0.2, 0) is 20.7 Å². The monoisotopic (exact) mass is 324 g/mol. The van der Waals surface area contributed by atoms with E-state index in [-0.39, 0.29) is 23.0 Å². The van der Waals surface area contributed by atoms with E-state index in [1.54, 1.807) is 12.1 Å². The van der Waals surface area contributed by atoms with Gasteiger partial charge in [0.25, 0.3) is 0 Å². The van der Waals surface area contributed by atoms with Crippen LogP contribution in [0.4, 0.5) is 10.2 Å². The van der Waals surface area contributed by atoms with Crippen LogP contribution in [0.15, 0.2) is 12.1 Å². The predicted octanol–water partition coefficient (Wildman–Crippen LogP) is 2.58. The lowest BCUT2D eigenvalue weighted by atomic mass is 9.76. The van der Waals surface area contributed by atoms with Crippen LogP contribution in [0.3, 0.4) is 0 Å². The van der Waals surface area contributed by atoms with E-state index in [0.29, 0.717) is 25.5 Å². The third-order valence-corrected chi connectivity index (χ3v) is 4.66. The zero-order chi connectivity index (χ0) is 17.3. The van der Waals surface area contributed by atoms with Crippen LogP contribution in [0.2, 0.25) is 0 Å². The minimum Gasteiger partial charge on any atom is -0.469 e. The number of aromatic nitrogens is 1. The lowest BCUT2D eigenvalue weighted by Crippen LogP contribution is -2.57. The van der Waals surface area contributed by atoms with Gasteiger partial charge in [0, 0.05) is 18.7 Å². The molecule has 1 aromatic heterocycles. The second kappa shape index (κ2) is 6.43. The molecule has 2 heterocycles. The molecule has 2 rings (SSSR count). The highest BCUT2D eigenvalue weighted by Gasteiger charge is 2.42. The zero-order valence-corrected chi connectivity index (χ0v) is 14.5. The van der Waals surface area contributed by atoms with E-state index in [1.807, 2.05) is 4.90 Å². The largest absolute Gasteiger partial charge is 0.469 e. The first-order valence-electron chi connectivity index (χ1n) is 7.77. The van der Waals surface area contributed by atoms with E-state index < -0.39 is 11.9 Å². The summed E-state index contributed by atoms with van der Waals surface area (Å²) in [6.07, 6.45) is -0.113. The summed E-state index contributed by atoms with van der Waals surface area (Å²) in [7, 11) is 1.28. The Hall–Kier alpha value is -1.69. The molecule has 1 aliphatic rings. The number of ether oxygens (including phenoxy) is 2. The summed E-state index contributed by atoms with van der Waals surface area (Å²) in [4.78, 5) is 17.3. The molecule has 1 aromatic rings. The maximum Gasteiger partial charge on any atom is 0.310 e. The number of nitrogens with zero attached hydrogens (tertiary/aromatic N) is 2. The summed E-state index contributed by atoms with van der Waals surface area (Å²) < 4.78 is 24.7. The molecule has 1 aliphatic heterocycles. The topological polar surface area (TPSA) is 51.7 Å². The molecular weight excluding hydrogens is 299 g/mol. The Balaban J connectivity index is 2.19. The first kappa shape index (κ1) is 17.7. The first-order chi connectivity index (χ1) is 10.7. The van der Waals surface area contributed by atoms with Gasteiger partial charge >= 0.3 is 5.97 Å². The quantitative estimate of drug-likeness (QED) is 0.632. The smallest absolute Gasteiger partial charge is 0.310 e. The summed E-state index contributed by atoms with van der Waals surface area (Å²) in [5.41, 5.74) is -0.143. The average Bonchev–Trinajstić information content (AvgIpc) is 2.48. The van der Waals surface area contributed by atoms with Crippen molar-refractivity contribution < 1.29 is 18.7 Å². The average molecular weight is 324 g/mol. The standard InChI is InChI=1S/C17H25FN2O3/c1-16(2,3)17(4)11-20(8-9-23-17)13-7-6-12(15(18)19-13)10-14(21)22-5/h6-7H,8-11H2,1-5H3. The fraction of sp³-hybridized carbons (Fsp3) is 0.647. The number of hydrogen-bond donors (Lipinski definition) is 0. The van der Waals surface area contributed by atoms with E-state index in [4.69, 9.17) is 4.74 Å². The molecule has 1 saturated heterocycles. The SMILES string of the molecule is COC(=O)Cc1ccc(N2CCOC(C)(C(C)(C)C)C2)nc1F. The van der Waals surface area contributed by atoms with Crippen LogP contribution in [-0.4, -0.2) is 43.4 Å². The highest BCUT2D eigenvalue weighted by Crippen LogP contribution is 2.37. The van der Waals surface area contributed by atoms with Gasteiger partial charge in [0.15, 0.2) is 0 Å². The Bertz CT molecular complexity index is 586. The Labute approximate surface area is 136 Å². The van der Waals surface area contributed by atoms with E-state index in [2.05, 4.69) is 37.4 Å². The molecule has 5 nitrogen and oxygen atoms in total. The number of morpholine rings is 1. The Kier molecular flexibility index (Phi) is 4.94. The van der Waals surface area contributed by atoms with Crippen molar-refractivity contribution in [2.75, 3.05) is 31.7 Å². The lowest BCUT2D eigenvalue weighted by Gasteiger charge is -2.48. The van der Waals surface area contributed by atoms with Crippen LogP contribution in [0.25, 0.3) is 0 Å². The first-order valence-corrected chi connectivity index (χ1v) is 7.77. The van der Waals surface area contributed by atoms with E-state index in [9.17, 15) is 9.18 Å². The Morgan fingerprint density at radius 3 is 2.74 bits per heavy atom. The maximum absolute atomic E-state index is 14.2. The van der Waals surface area contributed by atoms with Gasteiger partial charge in [-0.3, -0.25) is 4.79 Å².